The van der Waals surface area contributed by atoms with Crippen LogP contribution < -0.4 is 5.32 Å². The number of anilines is 1. The number of aromatic nitrogens is 3. The van der Waals surface area contributed by atoms with Gasteiger partial charge in [-0.1, -0.05) is 0 Å². The van der Waals surface area contributed by atoms with Gasteiger partial charge in [-0.05, 0) is 48.9 Å². The molecule has 0 fully saturated rings. The molecule has 0 bridgehead atoms. The van der Waals surface area contributed by atoms with E-state index in [0.29, 0.717) is 11.4 Å². The van der Waals surface area contributed by atoms with Crippen molar-refractivity contribution in [2.75, 3.05) is 5.32 Å². The highest BCUT2D eigenvalue weighted by molar-refractivity contribution is 6.34. The number of hydrogen-bond acceptors (Lipinski definition) is 3. The second-order valence-electron chi connectivity index (χ2n) is 5.81. The summed E-state index contributed by atoms with van der Waals surface area (Å²) in [6.45, 7) is 1.95. The molecule has 3 aromatic heterocycles. The number of fused-ring (bicyclic) bond motifs is 1. The molecule has 5 nitrogen and oxygen atoms in total. The molecule has 118 valence electrons. The highest BCUT2D eigenvalue weighted by Crippen LogP contribution is 2.36. The van der Waals surface area contributed by atoms with Gasteiger partial charge >= 0.3 is 0 Å². The Bertz CT molecular complexity index is 970. The van der Waals surface area contributed by atoms with Gasteiger partial charge in [0.25, 0.3) is 5.91 Å². The maximum Gasteiger partial charge on any atom is 0.257 e. The fourth-order valence-electron chi connectivity index (χ4n) is 2.94. The van der Waals surface area contributed by atoms with Gasteiger partial charge in [-0.15, -0.1) is 0 Å². The number of nitrogens with zero attached hydrogens (tertiary/aromatic N) is 3. The molecule has 4 rings (SSSR count). The third kappa shape index (κ3) is 2.31. The summed E-state index contributed by atoms with van der Waals surface area (Å²) in [4.78, 5) is 21.0. The van der Waals surface area contributed by atoms with Crippen LogP contribution in [0.2, 0.25) is 0 Å². The van der Waals surface area contributed by atoms with Crippen LogP contribution in [0, 0.1) is 6.92 Å². The summed E-state index contributed by atoms with van der Waals surface area (Å²) in [6, 6.07) is 9.85. The molecule has 1 amide bonds. The average Bonchev–Trinajstić information content (AvgIpc) is 3.11. The molecule has 24 heavy (non-hydrogen) atoms. The van der Waals surface area contributed by atoms with Gasteiger partial charge in [0.05, 0.1) is 5.57 Å². The lowest BCUT2D eigenvalue weighted by Crippen LogP contribution is -2.04. The van der Waals surface area contributed by atoms with Gasteiger partial charge in [-0.3, -0.25) is 9.78 Å². The van der Waals surface area contributed by atoms with Crippen molar-refractivity contribution >= 4 is 23.4 Å². The molecule has 1 N–H and O–H groups in total. The molecular weight excluding hydrogens is 300 g/mol. The lowest BCUT2D eigenvalue weighted by molar-refractivity contribution is -0.110. The summed E-state index contributed by atoms with van der Waals surface area (Å²) in [5.41, 5.74) is 5.36. The fourth-order valence-corrected chi connectivity index (χ4v) is 2.94. The van der Waals surface area contributed by atoms with Crippen molar-refractivity contribution in [3.8, 4) is 11.1 Å². The molecule has 0 unspecified atom stereocenters. The van der Waals surface area contributed by atoms with Crippen LogP contribution in [0.3, 0.4) is 0 Å². The lowest BCUT2D eigenvalue weighted by atomic mass is 10.00. The summed E-state index contributed by atoms with van der Waals surface area (Å²) in [5.74, 6) is 0.501. The Kier molecular flexibility index (Phi) is 3.27. The third-order valence-electron chi connectivity index (χ3n) is 4.25. The zero-order valence-electron chi connectivity index (χ0n) is 13.4. The minimum Gasteiger partial charge on any atom is -0.351 e. The topological polar surface area (TPSA) is 59.8 Å². The number of carbonyl (C=O) groups excluding carboxylic acids is 1. The van der Waals surface area contributed by atoms with E-state index in [0.717, 1.165) is 28.1 Å². The zero-order chi connectivity index (χ0) is 16.7. The van der Waals surface area contributed by atoms with E-state index in [1.54, 1.807) is 12.4 Å². The van der Waals surface area contributed by atoms with Crippen molar-refractivity contribution in [2.45, 2.75) is 6.92 Å². The normalized spacial score (nSPS) is 14.8. The van der Waals surface area contributed by atoms with Gasteiger partial charge in [0, 0.05) is 48.2 Å². The van der Waals surface area contributed by atoms with Gasteiger partial charge in [-0.2, -0.15) is 0 Å². The minimum absolute atomic E-state index is 0.120. The van der Waals surface area contributed by atoms with Gasteiger partial charge in [0.2, 0.25) is 0 Å². The van der Waals surface area contributed by atoms with E-state index in [4.69, 9.17) is 0 Å². The van der Waals surface area contributed by atoms with Crippen molar-refractivity contribution < 1.29 is 4.79 Å². The smallest absolute Gasteiger partial charge is 0.257 e. The third-order valence-corrected chi connectivity index (χ3v) is 4.25. The van der Waals surface area contributed by atoms with Crippen LogP contribution in [0.4, 0.5) is 5.82 Å². The molecule has 1 aliphatic heterocycles. The van der Waals surface area contributed by atoms with Crippen molar-refractivity contribution in [3.05, 3.63) is 65.9 Å². The molecule has 0 aromatic carbocycles. The largest absolute Gasteiger partial charge is 0.351 e. The Morgan fingerprint density at radius 3 is 2.67 bits per heavy atom. The molecule has 0 aliphatic carbocycles. The number of hydrogen-bond donors (Lipinski definition) is 1. The van der Waals surface area contributed by atoms with Crippen LogP contribution in [-0.2, 0) is 11.8 Å². The van der Waals surface area contributed by atoms with E-state index in [9.17, 15) is 4.79 Å². The fraction of sp³-hybridized carbons (Fsp3) is 0.105. The first-order valence-electron chi connectivity index (χ1n) is 7.70. The molecular formula is C19H16N4O. The van der Waals surface area contributed by atoms with Crippen LogP contribution in [0.1, 0.15) is 17.0 Å². The zero-order valence-corrected chi connectivity index (χ0v) is 13.4. The first-order valence-corrected chi connectivity index (χ1v) is 7.70. The van der Waals surface area contributed by atoms with E-state index in [-0.39, 0.29) is 5.91 Å². The van der Waals surface area contributed by atoms with Crippen LogP contribution in [-0.4, -0.2) is 20.4 Å². The number of rotatable bonds is 2. The molecule has 0 atom stereocenters. The van der Waals surface area contributed by atoms with E-state index in [1.165, 1.54) is 0 Å². The maximum absolute atomic E-state index is 12.4. The Hall–Kier alpha value is -3.21. The minimum atomic E-state index is -0.120. The molecule has 0 saturated heterocycles. The van der Waals surface area contributed by atoms with E-state index in [1.807, 2.05) is 61.1 Å². The molecule has 5 heteroatoms. The number of carbonyl (C=O) groups is 1. The van der Waals surface area contributed by atoms with Crippen molar-refractivity contribution in [2.24, 2.45) is 7.05 Å². The van der Waals surface area contributed by atoms with Gasteiger partial charge in [0.15, 0.2) is 0 Å². The summed E-state index contributed by atoms with van der Waals surface area (Å²) >= 11 is 0. The van der Waals surface area contributed by atoms with E-state index >= 15 is 0 Å². The molecule has 0 spiro atoms. The predicted octanol–water partition coefficient (Wildman–Crippen LogP) is 3.28. The molecule has 3 aromatic rings. The van der Waals surface area contributed by atoms with Crippen LogP contribution in [0.5, 0.6) is 0 Å². The second kappa shape index (κ2) is 5.45. The Balaban J connectivity index is 1.88. The Labute approximate surface area is 139 Å². The standard InChI is InChI=1S/C19H16N4O/c1-12-15(13-5-7-20-8-6-13)11-16-17(19(24)22-18(16)21-12)10-14-4-3-9-23(14)2/h3-11H,1-2H3,(H,21,22,24). The van der Waals surface area contributed by atoms with Crippen LogP contribution in [0.15, 0.2) is 48.9 Å². The highest BCUT2D eigenvalue weighted by Gasteiger charge is 2.27. The van der Waals surface area contributed by atoms with Crippen LogP contribution >= 0.6 is 0 Å². The van der Waals surface area contributed by atoms with E-state index in [2.05, 4.69) is 15.3 Å². The molecule has 4 heterocycles. The van der Waals surface area contributed by atoms with Gasteiger partial charge < -0.3 is 9.88 Å². The number of pyridine rings is 2. The summed E-state index contributed by atoms with van der Waals surface area (Å²) in [5, 5.41) is 2.86. The van der Waals surface area contributed by atoms with Crippen molar-refractivity contribution in [3.63, 3.8) is 0 Å². The number of aryl methyl sites for hydroxylation is 2. The first kappa shape index (κ1) is 14.4. The van der Waals surface area contributed by atoms with Crippen molar-refractivity contribution in [1.82, 2.24) is 14.5 Å². The van der Waals surface area contributed by atoms with Crippen molar-refractivity contribution in [1.29, 1.82) is 0 Å². The Morgan fingerprint density at radius 1 is 1.17 bits per heavy atom. The summed E-state index contributed by atoms with van der Waals surface area (Å²) in [6.07, 6.45) is 7.36. The monoisotopic (exact) mass is 316 g/mol. The SMILES string of the molecule is Cc1nc2c(cc1-c1ccncc1)C(=Cc1cccn1C)C(=O)N2. The maximum atomic E-state index is 12.4. The average molecular weight is 316 g/mol. The lowest BCUT2D eigenvalue weighted by Gasteiger charge is -2.08. The van der Waals surface area contributed by atoms with Gasteiger partial charge in [0.1, 0.15) is 5.82 Å². The highest BCUT2D eigenvalue weighted by atomic mass is 16.2. The number of nitrogens with one attached hydrogen (secondary N) is 1. The Morgan fingerprint density at radius 2 is 1.96 bits per heavy atom. The molecule has 0 saturated carbocycles. The molecule has 0 radical (unpaired) electrons. The van der Waals surface area contributed by atoms with Gasteiger partial charge in [-0.25, -0.2) is 4.98 Å². The molecule has 1 aliphatic rings. The summed E-state index contributed by atoms with van der Waals surface area (Å²) < 4.78 is 1.98. The second-order valence-corrected chi connectivity index (χ2v) is 5.81. The van der Waals surface area contributed by atoms with Crippen LogP contribution in [0.25, 0.3) is 22.8 Å². The number of amides is 1. The first-order chi connectivity index (χ1) is 11.6. The quantitative estimate of drug-likeness (QED) is 0.738. The van der Waals surface area contributed by atoms with E-state index < -0.39 is 0 Å². The predicted molar refractivity (Wildman–Crippen MR) is 94.1 cm³/mol. The summed E-state index contributed by atoms with van der Waals surface area (Å²) in [7, 11) is 1.95.